The lowest BCUT2D eigenvalue weighted by molar-refractivity contribution is 0.0948. The smallest absolute Gasteiger partial charge is 0.251 e. The summed E-state index contributed by atoms with van der Waals surface area (Å²) < 4.78 is 0. The first-order chi connectivity index (χ1) is 17.7. The van der Waals surface area contributed by atoms with E-state index in [1.54, 1.807) is 0 Å². The largest absolute Gasteiger partial charge is 0.358 e. The highest BCUT2D eigenvalue weighted by Gasteiger charge is 2.22. The molecule has 5 heteroatoms. The SMILES string of the molecule is CCCN1CCN(CCCNC(=O)c2ccc(-c3c(-c4ccccc4)[nH]c4c3CCCC4)cc2)CC1. The lowest BCUT2D eigenvalue weighted by Crippen LogP contribution is -2.47. The number of piperazine rings is 1. The van der Waals surface area contributed by atoms with E-state index in [0.717, 1.165) is 51.0 Å². The molecule has 2 N–H and O–H groups in total. The summed E-state index contributed by atoms with van der Waals surface area (Å²) in [5.74, 6) is 0.0219. The summed E-state index contributed by atoms with van der Waals surface area (Å²) >= 11 is 0. The fourth-order valence-corrected chi connectivity index (χ4v) is 5.77. The Morgan fingerprint density at radius 3 is 2.28 bits per heavy atom. The zero-order chi connectivity index (χ0) is 24.7. The Kier molecular flexibility index (Phi) is 8.19. The molecule has 1 aliphatic heterocycles. The first kappa shape index (κ1) is 24.8. The third-order valence-electron chi connectivity index (χ3n) is 7.74. The van der Waals surface area contributed by atoms with Gasteiger partial charge in [0.15, 0.2) is 0 Å². The van der Waals surface area contributed by atoms with Crippen LogP contribution in [-0.4, -0.2) is 66.5 Å². The maximum Gasteiger partial charge on any atom is 0.251 e. The quantitative estimate of drug-likeness (QED) is 0.401. The number of nitrogens with zero attached hydrogens (tertiary/aromatic N) is 2. The maximum atomic E-state index is 12.8. The molecule has 2 heterocycles. The molecule has 0 saturated carbocycles. The Morgan fingerprint density at radius 2 is 1.56 bits per heavy atom. The average Bonchev–Trinajstić information content (AvgIpc) is 3.32. The molecular weight excluding hydrogens is 444 g/mol. The van der Waals surface area contributed by atoms with E-state index in [2.05, 4.69) is 69.5 Å². The van der Waals surface area contributed by atoms with Gasteiger partial charge in [0, 0.05) is 49.5 Å². The third-order valence-corrected chi connectivity index (χ3v) is 7.74. The molecule has 36 heavy (non-hydrogen) atoms. The van der Waals surface area contributed by atoms with E-state index in [-0.39, 0.29) is 5.91 Å². The van der Waals surface area contributed by atoms with Crippen LogP contribution in [0.1, 0.15) is 54.2 Å². The van der Waals surface area contributed by atoms with E-state index < -0.39 is 0 Å². The number of aryl methyl sites for hydroxylation is 1. The molecular formula is C31H40N4O. The Hall–Kier alpha value is -2.89. The number of aromatic nitrogens is 1. The molecule has 0 atom stereocenters. The van der Waals surface area contributed by atoms with Crippen molar-refractivity contribution in [3.8, 4) is 22.4 Å². The Bertz CT molecular complexity index is 1130. The monoisotopic (exact) mass is 484 g/mol. The molecule has 0 spiro atoms. The van der Waals surface area contributed by atoms with Gasteiger partial charge in [0.2, 0.25) is 0 Å². The number of carbonyl (C=O) groups excluding carboxylic acids is 1. The van der Waals surface area contributed by atoms with Crippen molar-refractivity contribution in [2.45, 2.75) is 45.4 Å². The Balaban J connectivity index is 1.19. The van der Waals surface area contributed by atoms with Gasteiger partial charge in [0.1, 0.15) is 0 Å². The number of hydrogen-bond acceptors (Lipinski definition) is 3. The van der Waals surface area contributed by atoms with Crippen LogP contribution in [0.25, 0.3) is 22.4 Å². The van der Waals surface area contributed by atoms with Gasteiger partial charge in [-0.1, -0.05) is 49.4 Å². The second-order valence-electron chi connectivity index (χ2n) is 10.3. The summed E-state index contributed by atoms with van der Waals surface area (Å²) in [7, 11) is 0. The standard InChI is InChI=1S/C31H40N4O/c1-2-18-34-20-22-35(23-21-34)19-8-17-32-31(36)26-15-13-24(14-16-26)29-27-11-6-7-12-28(27)33-30(29)25-9-4-3-5-10-25/h3-5,9-10,13-16,33H,2,6-8,11-12,17-23H2,1H3,(H,32,36). The highest BCUT2D eigenvalue weighted by molar-refractivity contribution is 5.95. The van der Waals surface area contributed by atoms with E-state index in [9.17, 15) is 4.79 Å². The minimum absolute atomic E-state index is 0.0219. The van der Waals surface area contributed by atoms with E-state index in [1.165, 1.54) is 72.5 Å². The van der Waals surface area contributed by atoms with E-state index in [1.807, 2.05) is 12.1 Å². The van der Waals surface area contributed by atoms with Crippen molar-refractivity contribution >= 4 is 5.91 Å². The Morgan fingerprint density at radius 1 is 0.861 bits per heavy atom. The predicted molar refractivity (Wildman–Crippen MR) is 148 cm³/mol. The van der Waals surface area contributed by atoms with Crippen LogP contribution in [0.2, 0.25) is 0 Å². The summed E-state index contributed by atoms with van der Waals surface area (Å²) in [6.07, 6.45) is 6.94. The minimum Gasteiger partial charge on any atom is -0.358 e. The molecule has 5 rings (SSSR count). The second kappa shape index (κ2) is 11.9. The van der Waals surface area contributed by atoms with Crippen LogP contribution >= 0.6 is 0 Å². The van der Waals surface area contributed by atoms with Gasteiger partial charge in [-0.3, -0.25) is 4.79 Å². The summed E-state index contributed by atoms with van der Waals surface area (Å²) in [6, 6.07) is 18.8. The normalized spacial score (nSPS) is 16.6. The van der Waals surface area contributed by atoms with Crippen molar-refractivity contribution in [2.75, 3.05) is 45.8 Å². The maximum absolute atomic E-state index is 12.8. The van der Waals surface area contributed by atoms with Gasteiger partial charge in [0.05, 0.1) is 5.69 Å². The van der Waals surface area contributed by atoms with Crippen molar-refractivity contribution in [2.24, 2.45) is 0 Å². The number of nitrogens with one attached hydrogen (secondary N) is 2. The van der Waals surface area contributed by atoms with Gasteiger partial charge in [-0.25, -0.2) is 0 Å². The van der Waals surface area contributed by atoms with Crippen LogP contribution < -0.4 is 5.32 Å². The predicted octanol–water partition coefficient (Wildman–Crippen LogP) is 5.38. The average molecular weight is 485 g/mol. The summed E-state index contributed by atoms with van der Waals surface area (Å²) in [5, 5.41) is 3.13. The number of aromatic amines is 1. The van der Waals surface area contributed by atoms with Crippen LogP contribution in [-0.2, 0) is 12.8 Å². The molecule has 0 unspecified atom stereocenters. The number of hydrogen-bond donors (Lipinski definition) is 2. The number of rotatable bonds is 9. The summed E-state index contributed by atoms with van der Waals surface area (Å²) in [5.41, 5.74) is 8.48. The van der Waals surface area contributed by atoms with E-state index in [0.29, 0.717) is 0 Å². The van der Waals surface area contributed by atoms with Crippen molar-refractivity contribution in [3.05, 3.63) is 71.4 Å². The number of amides is 1. The summed E-state index contributed by atoms with van der Waals surface area (Å²) in [4.78, 5) is 21.6. The van der Waals surface area contributed by atoms with E-state index >= 15 is 0 Å². The molecule has 3 aromatic rings. The van der Waals surface area contributed by atoms with Crippen molar-refractivity contribution in [3.63, 3.8) is 0 Å². The zero-order valence-corrected chi connectivity index (χ0v) is 21.7. The molecule has 1 aromatic heterocycles. The van der Waals surface area contributed by atoms with Crippen LogP contribution in [0.5, 0.6) is 0 Å². The first-order valence-corrected chi connectivity index (χ1v) is 13.9. The van der Waals surface area contributed by atoms with Gasteiger partial charge >= 0.3 is 0 Å². The van der Waals surface area contributed by atoms with Crippen LogP contribution in [0.4, 0.5) is 0 Å². The molecule has 2 aliphatic rings. The minimum atomic E-state index is 0.0219. The van der Waals surface area contributed by atoms with Gasteiger partial charge in [-0.15, -0.1) is 0 Å². The van der Waals surface area contributed by atoms with Gasteiger partial charge in [-0.2, -0.15) is 0 Å². The number of carbonyl (C=O) groups is 1. The van der Waals surface area contributed by atoms with Gasteiger partial charge in [0.25, 0.3) is 5.91 Å². The molecule has 5 nitrogen and oxygen atoms in total. The van der Waals surface area contributed by atoms with Crippen molar-refractivity contribution in [1.82, 2.24) is 20.1 Å². The highest BCUT2D eigenvalue weighted by atomic mass is 16.1. The highest BCUT2D eigenvalue weighted by Crippen LogP contribution is 2.39. The van der Waals surface area contributed by atoms with Gasteiger partial charge in [-0.05, 0) is 80.4 Å². The third kappa shape index (κ3) is 5.74. The number of benzene rings is 2. The van der Waals surface area contributed by atoms with E-state index in [4.69, 9.17) is 0 Å². The molecule has 0 bridgehead atoms. The van der Waals surface area contributed by atoms with Crippen LogP contribution in [0.15, 0.2) is 54.6 Å². The number of H-pyrrole nitrogens is 1. The lowest BCUT2D eigenvalue weighted by atomic mass is 9.90. The van der Waals surface area contributed by atoms with Crippen LogP contribution in [0.3, 0.4) is 0 Å². The zero-order valence-electron chi connectivity index (χ0n) is 21.7. The molecule has 1 fully saturated rings. The van der Waals surface area contributed by atoms with Crippen molar-refractivity contribution in [1.29, 1.82) is 0 Å². The van der Waals surface area contributed by atoms with Gasteiger partial charge < -0.3 is 20.1 Å². The molecule has 1 aliphatic carbocycles. The Labute approximate surface area is 215 Å². The molecule has 1 amide bonds. The molecule has 2 aromatic carbocycles. The molecule has 1 saturated heterocycles. The second-order valence-corrected chi connectivity index (χ2v) is 10.3. The molecule has 190 valence electrons. The van der Waals surface area contributed by atoms with Crippen LogP contribution in [0, 0.1) is 0 Å². The first-order valence-electron chi connectivity index (χ1n) is 13.9. The topological polar surface area (TPSA) is 51.4 Å². The lowest BCUT2D eigenvalue weighted by Gasteiger charge is -2.34. The fraction of sp³-hybridized carbons (Fsp3) is 0.452. The number of fused-ring (bicyclic) bond motifs is 1. The fourth-order valence-electron chi connectivity index (χ4n) is 5.77. The summed E-state index contributed by atoms with van der Waals surface area (Å²) in [6.45, 7) is 9.86. The van der Waals surface area contributed by atoms with Crippen molar-refractivity contribution < 1.29 is 4.79 Å². The molecule has 0 radical (unpaired) electrons.